The molecule has 0 bridgehead atoms. The summed E-state index contributed by atoms with van der Waals surface area (Å²) >= 11 is 0. The van der Waals surface area contributed by atoms with Gasteiger partial charge >= 0.3 is 0 Å². The van der Waals surface area contributed by atoms with Crippen LogP contribution in [0, 0.1) is 17.6 Å². The Morgan fingerprint density at radius 2 is 1.81 bits per heavy atom. The second-order valence-corrected chi connectivity index (χ2v) is 7.78. The molecule has 1 saturated carbocycles. The molecule has 1 nitrogen and oxygen atoms in total. The van der Waals surface area contributed by atoms with Crippen molar-refractivity contribution in [3.63, 3.8) is 0 Å². The maximum Gasteiger partial charge on any atom is 0.200 e. The predicted molar refractivity (Wildman–Crippen MR) is 105 cm³/mol. The molecule has 1 aliphatic rings. The number of unbranched alkanes of at least 4 members (excludes halogenated alkanes) is 3. The van der Waals surface area contributed by atoms with Gasteiger partial charge in [-0.1, -0.05) is 38.3 Å². The van der Waals surface area contributed by atoms with E-state index >= 15 is 0 Å². The van der Waals surface area contributed by atoms with Crippen molar-refractivity contribution < 1.29 is 17.9 Å². The normalized spacial score (nSPS) is 20.7. The summed E-state index contributed by atoms with van der Waals surface area (Å²) in [6.07, 6.45) is 11.2. The lowest BCUT2D eigenvalue weighted by Crippen LogP contribution is -2.15. The first-order valence-corrected chi connectivity index (χ1v) is 10.5. The molecule has 152 valence electrons. The summed E-state index contributed by atoms with van der Waals surface area (Å²) in [5.41, 5.74) is 0.489. The fourth-order valence-electron chi connectivity index (χ4n) is 3.98. The second kappa shape index (κ2) is 11.4. The molecular formula is C23H33F3O. The molecule has 0 heterocycles. The largest absolute Gasteiger partial charge is 0.490 e. The Labute approximate surface area is 162 Å². The minimum Gasteiger partial charge on any atom is -0.490 e. The molecule has 1 aromatic carbocycles. The number of allylic oxidation sites excluding steroid dienone is 2. The zero-order chi connectivity index (χ0) is 19.6. The van der Waals surface area contributed by atoms with Crippen LogP contribution < -0.4 is 4.74 Å². The third-order valence-electron chi connectivity index (χ3n) is 5.61. The number of halogens is 3. The van der Waals surface area contributed by atoms with Crippen molar-refractivity contribution in [3.05, 3.63) is 41.2 Å². The molecule has 0 atom stereocenters. The van der Waals surface area contributed by atoms with Gasteiger partial charge < -0.3 is 4.74 Å². The third kappa shape index (κ3) is 6.90. The topological polar surface area (TPSA) is 9.23 Å². The van der Waals surface area contributed by atoms with Crippen LogP contribution in [0.1, 0.15) is 89.5 Å². The molecule has 4 heteroatoms. The fraction of sp³-hybridized carbons (Fsp3) is 0.652. The molecule has 0 amide bonds. The molecule has 0 spiro atoms. The average molecular weight is 383 g/mol. The first-order chi connectivity index (χ1) is 13.0. The van der Waals surface area contributed by atoms with Gasteiger partial charge in [0.1, 0.15) is 0 Å². The average Bonchev–Trinajstić information content (AvgIpc) is 2.66. The molecule has 1 fully saturated rings. The van der Waals surface area contributed by atoms with Gasteiger partial charge in [0.2, 0.25) is 5.82 Å². The molecule has 0 unspecified atom stereocenters. The highest BCUT2D eigenvalue weighted by Gasteiger charge is 2.26. The smallest absolute Gasteiger partial charge is 0.200 e. The number of benzene rings is 1. The van der Waals surface area contributed by atoms with Gasteiger partial charge in [-0.05, 0) is 75.3 Å². The van der Waals surface area contributed by atoms with E-state index in [1.807, 2.05) is 0 Å². The summed E-state index contributed by atoms with van der Waals surface area (Å²) in [4.78, 5) is 0. The molecular weight excluding hydrogens is 349 g/mol. The van der Waals surface area contributed by atoms with Crippen molar-refractivity contribution in [2.24, 2.45) is 5.92 Å². The van der Waals surface area contributed by atoms with Crippen LogP contribution in [0.15, 0.2) is 24.0 Å². The van der Waals surface area contributed by atoms with E-state index in [9.17, 15) is 13.2 Å². The van der Waals surface area contributed by atoms with E-state index < -0.39 is 11.6 Å². The van der Waals surface area contributed by atoms with Crippen LogP contribution in [0.3, 0.4) is 0 Å². The predicted octanol–water partition coefficient (Wildman–Crippen LogP) is 7.85. The van der Waals surface area contributed by atoms with Crippen LogP contribution in [0.5, 0.6) is 5.75 Å². The maximum absolute atomic E-state index is 14.5. The van der Waals surface area contributed by atoms with Gasteiger partial charge in [-0.15, -0.1) is 0 Å². The van der Waals surface area contributed by atoms with Crippen molar-refractivity contribution in [1.29, 1.82) is 0 Å². The fourth-order valence-corrected chi connectivity index (χ4v) is 3.98. The molecule has 27 heavy (non-hydrogen) atoms. The van der Waals surface area contributed by atoms with Crippen LogP contribution in [0.2, 0.25) is 0 Å². The Bertz CT molecular complexity index is 600. The third-order valence-corrected chi connectivity index (χ3v) is 5.61. The summed E-state index contributed by atoms with van der Waals surface area (Å²) in [5.74, 6) is -0.984. The molecule has 0 saturated heterocycles. The Kier molecular flexibility index (Phi) is 9.23. The number of ether oxygens (including phenoxy) is 1. The summed E-state index contributed by atoms with van der Waals surface area (Å²) in [6.45, 7) is 3.98. The number of hydrogen-bond acceptors (Lipinski definition) is 1. The maximum atomic E-state index is 14.5. The molecule has 1 aliphatic carbocycles. The number of rotatable bonds is 10. The molecule has 0 radical (unpaired) electrons. The van der Waals surface area contributed by atoms with Crippen molar-refractivity contribution >= 4 is 0 Å². The highest BCUT2D eigenvalue weighted by molar-refractivity contribution is 5.33. The van der Waals surface area contributed by atoms with Crippen LogP contribution in [-0.2, 0) is 0 Å². The highest BCUT2D eigenvalue weighted by Crippen LogP contribution is 2.40. The zero-order valence-electron chi connectivity index (χ0n) is 16.7. The summed E-state index contributed by atoms with van der Waals surface area (Å²) in [6, 6.07) is 3.28. The summed E-state index contributed by atoms with van der Waals surface area (Å²) < 4.78 is 47.0. The van der Waals surface area contributed by atoms with E-state index in [1.165, 1.54) is 6.92 Å². The van der Waals surface area contributed by atoms with E-state index in [4.69, 9.17) is 4.74 Å². The standard InChI is InChI=1S/C23H33F3O/c1-3-4-7-16-27-21-15-14-20(22(25)23(21)26)19-12-10-18(11-13-19)9-6-5-8-17(2)24/h8,14-15,18-19H,3-7,9-13,16H2,1-2H3/b17-8-. The van der Waals surface area contributed by atoms with Crippen LogP contribution in [0.25, 0.3) is 0 Å². The minimum absolute atomic E-state index is 0.0252. The van der Waals surface area contributed by atoms with E-state index in [1.54, 1.807) is 18.2 Å². The molecule has 0 N–H and O–H groups in total. The monoisotopic (exact) mass is 382 g/mol. The van der Waals surface area contributed by atoms with Gasteiger partial charge in [-0.2, -0.15) is 4.39 Å². The lowest BCUT2D eigenvalue weighted by molar-refractivity contribution is 0.280. The Hall–Kier alpha value is -1.45. The van der Waals surface area contributed by atoms with E-state index in [0.717, 1.165) is 64.2 Å². The summed E-state index contributed by atoms with van der Waals surface area (Å²) in [7, 11) is 0. The first-order valence-electron chi connectivity index (χ1n) is 10.5. The summed E-state index contributed by atoms with van der Waals surface area (Å²) in [5, 5.41) is 0. The molecule has 0 aromatic heterocycles. The van der Waals surface area contributed by atoms with Crippen molar-refractivity contribution in [2.45, 2.75) is 84.0 Å². The second-order valence-electron chi connectivity index (χ2n) is 7.78. The van der Waals surface area contributed by atoms with Gasteiger partial charge in [0.05, 0.1) is 12.4 Å². The van der Waals surface area contributed by atoms with Crippen LogP contribution in [0.4, 0.5) is 13.2 Å². The molecule has 2 rings (SSSR count). The highest BCUT2D eigenvalue weighted by atomic mass is 19.2. The Morgan fingerprint density at radius 3 is 2.48 bits per heavy atom. The SMILES string of the molecule is CCCCCOc1ccc(C2CCC(CCC/C=C(/C)F)CC2)c(F)c1F. The lowest BCUT2D eigenvalue weighted by atomic mass is 9.77. The van der Waals surface area contributed by atoms with E-state index in [0.29, 0.717) is 18.1 Å². The first kappa shape index (κ1) is 21.8. The number of hydrogen-bond donors (Lipinski definition) is 0. The Morgan fingerprint density at radius 1 is 1.07 bits per heavy atom. The molecule has 1 aromatic rings. The van der Waals surface area contributed by atoms with Gasteiger partial charge in [0.15, 0.2) is 11.6 Å². The quantitative estimate of drug-likeness (QED) is 0.374. The van der Waals surface area contributed by atoms with E-state index in [2.05, 4.69) is 6.92 Å². The van der Waals surface area contributed by atoms with E-state index in [-0.39, 0.29) is 17.5 Å². The zero-order valence-corrected chi connectivity index (χ0v) is 16.7. The van der Waals surface area contributed by atoms with Gasteiger partial charge in [-0.3, -0.25) is 0 Å². The Balaban J connectivity index is 1.84. The van der Waals surface area contributed by atoms with Crippen molar-refractivity contribution in [1.82, 2.24) is 0 Å². The van der Waals surface area contributed by atoms with Gasteiger partial charge in [-0.25, -0.2) is 8.78 Å². The van der Waals surface area contributed by atoms with Crippen molar-refractivity contribution in [3.8, 4) is 5.75 Å². The minimum atomic E-state index is -0.848. The van der Waals surface area contributed by atoms with Gasteiger partial charge in [0, 0.05) is 0 Å². The van der Waals surface area contributed by atoms with Crippen molar-refractivity contribution in [2.75, 3.05) is 6.61 Å². The van der Waals surface area contributed by atoms with Crippen LogP contribution >= 0.6 is 0 Å². The molecule has 0 aliphatic heterocycles. The van der Waals surface area contributed by atoms with Gasteiger partial charge in [0.25, 0.3) is 0 Å². The van der Waals surface area contributed by atoms with Crippen LogP contribution in [-0.4, -0.2) is 6.61 Å². The lowest BCUT2D eigenvalue weighted by Gasteiger charge is -2.29.